The molecule has 0 aliphatic carbocycles. The van der Waals surface area contributed by atoms with E-state index in [1.54, 1.807) is 148 Å². The van der Waals surface area contributed by atoms with Gasteiger partial charge >= 0.3 is 5.71 Å². The van der Waals surface area contributed by atoms with Gasteiger partial charge in [0.15, 0.2) is 83.7 Å². The zero-order chi connectivity index (χ0) is 90.6. The van der Waals surface area contributed by atoms with E-state index in [0.29, 0.717) is 106 Å². The van der Waals surface area contributed by atoms with Crippen molar-refractivity contribution in [1.82, 2.24) is 0 Å². The summed E-state index contributed by atoms with van der Waals surface area (Å²) in [4.78, 5) is 42.3. The molecule has 0 spiro atoms. The van der Waals surface area contributed by atoms with Crippen LogP contribution in [0.25, 0.3) is 43.1 Å². The molecular formula is C96H116O28+4. The molecular weight excluding hydrogens is 1600 g/mol. The molecule has 2 aliphatic heterocycles. The molecule has 0 unspecified atom stereocenters. The largest absolute Gasteiger partial charge is 1.00 e. The standard InChI is InChI=1S/C14H14O3.C14H16O3.2C12H10O2.C11H14O4.C11H16O4.2C9H10O3.2C2H6O2/c1-15-13-11-5-3-2-4-10(11)6-7-12(13)14-16-8-9-17-14;1-15-13-11-7-5-4-6-10(11)8-9-12(13)14(16-2)17-3;2*1-14-12-10(8-13)7-6-9-4-2-3-5-11(9)12;1-12-9-4-3-8(7-10(9)13-2)11-14-5-6-15-11;1-12-9-6-5-8(7-10(9)13-2)11(14-3)15-4;2*1-11-8-4-3-7(6-10)5-9(8)12-2;2*3-1-2-4/h2-7,14H,8-9H2,1H3;4-9,14H,1-3H3;2*2-8H,1H3;3-4,7,11H,5-6H2,1-2H3;5-7,11H,1-4H3;2*3-6H,1-2H3;2*3-4H,1-2H2/p+4. The van der Waals surface area contributed by atoms with Crippen LogP contribution >= 0.6 is 0 Å². The van der Waals surface area contributed by atoms with Crippen molar-refractivity contribution in [3.05, 3.63) is 263 Å². The number of benzene rings is 12. The summed E-state index contributed by atoms with van der Waals surface area (Å²) in [6, 6.07) is 68.5. The smallest absolute Gasteiger partial charge is 0.496 e. The maximum Gasteiger partial charge on any atom is 1.00 e. The molecule has 2 fully saturated rings. The Morgan fingerprint density at radius 3 is 0.960 bits per heavy atom. The summed E-state index contributed by atoms with van der Waals surface area (Å²) in [6.45, 7) is 2.05. The predicted octanol–water partition coefficient (Wildman–Crippen LogP) is 16.5. The number of hydrogen-bond acceptors (Lipinski definition) is 28. The second-order valence-electron chi connectivity index (χ2n) is 25.2. The van der Waals surface area contributed by atoms with Gasteiger partial charge in [-0.1, -0.05) is 133 Å². The number of carbonyl (C=O) groups excluding carboxylic acids is 4. The second kappa shape index (κ2) is 57.7. The highest BCUT2D eigenvalue weighted by Crippen LogP contribution is 2.40. The van der Waals surface area contributed by atoms with Crippen molar-refractivity contribution >= 4 is 68.2 Å². The van der Waals surface area contributed by atoms with Gasteiger partial charge in [-0.25, -0.2) is 0 Å². The molecule has 12 aromatic carbocycles. The van der Waals surface area contributed by atoms with Crippen LogP contribution in [0, 0.1) is 0 Å². The lowest BCUT2D eigenvalue weighted by molar-refractivity contribution is -0.106. The van der Waals surface area contributed by atoms with Gasteiger partial charge in [-0.15, -0.1) is 0 Å². The zero-order valence-corrected chi connectivity index (χ0v) is 72.6. The molecule has 0 atom stereocenters. The maximum atomic E-state index is 10.7. The van der Waals surface area contributed by atoms with Gasteiger partial charge in [-0.3, -0.25) is 19.2 Å². The van der Waals surface area contributed by atoms with Crippen molar-refractivity contribution in [1.29, 1.82) is 0 Å². The molecule has 28 heteroatoms. The molecule has 12 aromatic rings. The third-order valence-corrected chi connectivity index (χ3v) is 18.0. The summed E-state index contributed by atoms with van der Waals surface area (Å²) in [7, 11) is 25.5. The topological polar surface area (TPSA) is 334 Å². The Bertz CT molecular complexity index is 4860. The number of aliphatic hydroxyl groups is 4. The summed E-state index contributed by atoms with van der Waals surface area (Å²) >= 11 is 0. The van der Waals surface area contributed by atoms with Crippen molar-refractivity contribution in [3.63, 3.8) is 0 Å². The summed E-state index contributed by atoms with van der Waals surface area (Å²) < 4.78 is 105. The number of aliphatic hydroxyl groups excluding tert-OH is 4. The van der Waals surface area contributed by atoms with Crippen LogP contribution in [0.5, 0.6) is 69.0 Å². The molecule has 0 saturated carbocycles. The molecule has 664 valence electrons. The van der Waals surface area contributed by atoms with Crippen LogP contribution in [0.15, 0.2) is 218 Å². The molecule has 14 rings (SSSR count). The molecule has 2 saturated heterocycles. The summed E-state index contributed by atoms with van der Waals surface area (Å²) in [6.07, 6.45) is 1.79. The van der Waals surface area contributed by atoms with Gasteiger partial charge in [0, 0.05) is 72.2 Å². The van der Waals surface area contributed by atoms with Crippen LogP contribution in [-0.4, -0.2) is 212 Å². The number of aldehydes is 4. The molecule has 0 bridgehead atoms. The molecule has 2 aliphatic rings. The minimum atomic E-state index is -0.408. The molecule has 0 radical (unpaired) electrons. The minimum absolute atomic E-state index is 0. The van der Waals surface area contributed by atoms with Crippen molar-refractivity contribution < 1.29 is 140 Å². The monoisotopic (exact) mass is 1720 g/mol. The number of rotatable bonds is 26. The Balaban J connectivity index is 0.000000721. The van der Waals surface area contributed by atoms with Crippen molar-refractivity contribution in [2.75, 3.05) is 167 Å². The van der Waals surface area contributed by atoms with Gasteiger partial charge in [-0.2, -0.15) is 0 Å². The third kappa shape index (κ3) is 29.9. The first-order valence-electron chi connectivity index (χ1n) is 38.4. The van der Waals surface area contributed by atoms with Gasteiger partial charge < -0.3 is 115 Å². The van der Waals surface area contributed by atoms with Crippen LogP contribution in [0.3, 0.4) is 0 Å². The first-order valence-corrected chi connectivity index (χ1v) is 38.4. The van der Waals surface area contributed by atoms with E-state index in [4.69, 9.17) is 115 Å². The van der Waals surface area contributed by atoms with E-state index in [9.17, 15) is 19.2 Å². The van der Waals surface area contributed by atoms with Crippen molar-refractivity contribution in [3.8, 4) is 69.0 Å². The zero-order valence-electron chi connectivity index (χ0n) is 76.6. The maximum absolute atomic E-state index is 10.7. The Hall–Kier alpha value is -12.5. The quantitative estimate of drug-likeness (QED) is 0.0289. The predicted molar refractivity (Wildman–Crippen MR) is 477 cm³/mol. The number of carbonyl (C=O) groups is 4. The number of hydrogen-bond donors (Lipinski definition) is 4. The minimum Gasteiger partial charge on any atom is -0.496 e. The van der Waals surface area contributed by atoms with Crippen molar-refractivity contribution in [2.45, 2.75) is 25.2 Å². The molecule has 124 heavy (non-hydrogen) atoms. The molecule has 28 nitrogen and oxygen atoms in total. The van der Waals surface area contributed by atoms with Crippen LogP contribution in [0.4, 0.5) is 0 Å². The summed E-state index contributed by atoms with van der Waals surface area (Å²) in [5.74, 6) is 8.09. The lowest BCUT2D eigenvalue weighted by Crippen LogP contribution is -2.06. The fourth-order valence-corrected chi connectivity index (χ4v) is 12.2. The summed E-state index contributed by atoms with van der Waals surface area (Å²) in [5.41, 5.74) is 6.03. The average molecular weight is 1720 g/mol. The van der Waals surface area contributed by atoms with E-state index >= 15 is 0 Å². The van der Waals surface area contributed by atoms with Crippen molar-refractivity contribution in [2.24, 2.45) is 0 Å². The van der Waals surface area contributed by atoms with Crippen LogP contribution < -0.4 is 56.8 Å². The van der Waals surface area contributed by atoms with Gasteiger partial charge in [0.2, 0.25) is 0 Å². The molecule has 2 heterocycles. The lowest BCUT2D eigenvalue weighted by Gasteiger charge is -2.18. The molecule has 0 aromatic heterocycles. The Morgan fingerprint density at radius 2 is 0.613 bits per heavy atom. The van der Waals surface area contributed by atoms with Gasteiger partial charge in [0.05, 0.1) is 160 Å². The van der Waals surface area contributed by atoms with Crippen LogP contribution in [0.1, 0.15) is 94.6 Å². The first-order chi connectivity index (χ1) is 60.5. The Morgan fingerprint density at radius 1 is 0.298 bits per heavy atom. The highest BCUT2D eigenvalue weighted by Gasteiger charge is 2.25. The van der Waals surface area contributed by atoms with E-state index in [-0.39, 0.29) is 51.0 Å². The van der Waals surface area contributed by atoms with E-state index < -0.39 is 6.29 Å². The average Bonchev–Trinajstić information content (AvgIpc) is 1.39. The fourth-order valence-electron chi connectivity index (χ4n) is 12.2. The molecule has 4 N–H and O–H groups in total. The Labute approximate surface area is 728 Å². The first kappa shape index (κ1) is 102. The molecule has 0 amide bonds. The summed E-state index contributed by atoms with van der Waals surface area (Å²) in [5, 5.41) is 39.0. The Kier molecular flexibility index (Phi) is 47.5. The normalized spacial score (nSPS) is 11.6. The third-order valence-electron chi connectivity index (χ3n) is 18.0. The van der Waals surface area contributed by atoms with Gasteiger partial charge in [-0.05, 0) is 106 Å². The van der Waals surface area contributed by atoms with E-state index in [0.717, 1.165) is 102 Å². The number of methoxy groups -OCH3 is 16. The van der Waals surface area contributed by atoms with E-state index in [1.807, 2.05) is 152 Å². The van der Waals surface area contributed by atoms with E-state index in [2.05, 4.69) is 18.2 Å². The van der Waals surface area contributed by atoms with Gasteiger partial charge in [0.1, 0.15) is 35.6 Å². The van der Waals surface area contributed by atoms with Crippen LogP contribution in [0.2, 0.25) is 0 Å². The van der Waals surface area contributed by atoms with E-state index in [1.165, 1.54) is 14.2 Å². The SMILES string of the molecule is COc1c(C(OC)OC)ccc2ccccc12.COc1c(C2OCCO2)ccc2ccccc12.COc1c(C=O)ccc2ccccc12.COc1c(C=O)ccc2ccccc12.COc1ccc(C(OC)OC)cc1OC.COc1ccc(C2OCCO2)cc1OC.COc1ccc(C=O)cc1OC.COc1ccc(C=O)cc1OC.OCCO.OCCO.[H+].[H+].[H+].[H+]. The van der Waals surface area contributed by atoms with Gasteiger partial charge in [0.25, 0.3) is 0 Å². The number of fused-ring (bicyclic) bond motifs is 4. The lowest BCUT2D eigenvalue weighted by atomic mass is 10.0. The highest BCUT2D eigenvalue weighted by atomic mass is 16.7. The van der Waals surface area contributed by atoms with Crippen LogP contribution in [-0.2, 0) is 37.9 Å². The fraction of sp³-hybridized carbons (Fsp3) is 0.292. The highest BCUT2D eigenvalue weighted by molar-refractivity contribution is 5.97. The number of ether oxygens (including phenoxy) is 20. The second-order valence-corrected chi connectivity index (χ2v) is 25.2.